The van der Waals surface area contributed by atoms with Crippen LogP contribution in [0.25, 0.3) is 0 Å². The van der Waals surface area contributed by atoms with Gasteiger partial charge in [-0.05, 0) is 36.8 Å². The van der Waals surface area contributed by atoms with Crippen molar-refractivity contribution in [2.45, 2.75) is 45.1 Å². The van der Waals surface area contributed by atoms with Crippen LogP contribution >= 0.6 is 0 Å². The summed E-state index contributed by atoms with van der Waals surface area (Å²) in [5.74, 6) is -0.0867. The smallest absolute Gasteiger partial charge is 0.244 e. The molecule has 0 saturated carbocycles. The molecule has 1 heterocycles. The topological polar surface area (TPSA) is 64.4 Å². The lowest BCUT2D eigenvalue weighted by Gasteiger charge is -2.32. The third kappa shape index (κ3) is 3.02. The van der Waals surface area contributed by atoms with Crippen LogP contribution < -0.4 is 11.1 Å². The number of nitrogens with two attached hydrogens (primary N) is 1. The Morgan fingerprint density at radius 3 is 2.30 bits per heavy atom. The van der Waals surface area contributed by atoms with Crippen molar-refractivity contribution in [3.05, 3.63) is 29.3 Å². The average Bonchev–Trinajstić information content (AvgIpc) is 2.48. The zero-order valence-electron chi connectivity index (χ0n) is 12.4. The molecular formula is C16H24N2O2. The highest BCUT2D eigenvalue weighted by Crippen LogP contribution is 2.25. The van der Waals surface area contributed by atoms with Crippen molar-refractivity contribution in [2.75, 3.05) is 18.5 Å². The molecule has 1 aliphatic rings. The second-order valence-corrected chi connectivity index (χ2v) is 5.38. The molecule has 0 atom stereocenters. The van der Waals surface area contributed by atoms with Gasteiger partial charge in [-0.3, -0.25) is 4.79 Å². The van der Waals surface area contributed by atoms with Gasteiger partial charge >= 0.3 is 0 Å². The van der Waals surface area contributed by atoms with Crippen LogP contribution in [0.1, 0.15) is 37.8 Å². The van der Waals surface area contributed by atoms with Crippen LogP contribution in [0, 0.1) is 0 Å². The molecule has 1 amide bonds. The number of aryl methyl sites for hydroxylation is 2. The van der Waals surface area contributed by atoms with E-state index in [4.69, 9.17) is 10.5 Å². The van der Waals surface area contributed by atoms with Gasteiger partial charge in [0.05, 0.1) is 0 Å². The Hall–Kier alpha value is -1.39. The van der Waals surface area contributed by atoms with Gasteiger partial charge < -0.3 is 15.8 Å². The van der Waals surface area contributed by atoms with Crippen LogP contribution in [0.5, 0.6) is 0 Å². The first kappa shape index (κ1) is 15.0. The predicted molar refractivity (Wildman–Crippen MR) is 80.8 cm³/mol. The Kier molecular flexibility index (Phi) is 4.78. The maximum absolute atomic E-state index is 12.5. The van der Waals surface area contributed by atoms with Gasteiger partial charge in [0.2, 0.25) is 5.91 Å². The van der Waals surface area contributed by atoms with E-state index >= 15 is 0 Å². The highest BCUT2D eigenvalue weighted by atomic mass is 16.5. The van der Waals surface area contributed by atoms with E-state index in [0.717, 1.165) is 29.7 Å². The quantitative estimate of drug-likeness (QED) is 0.886. The molecule has 1 aromatic rings. The molecule has 2 rings (SSSR count). The van der Waals surface area contributed by atoms with Crippen molar-refractivity contribution in [1.82, 2.24) is 0 Å². The minimum absolute atomic E-state index is 0.0867. The monoisotopic (exact) mass is 276 g/mol. The molecule has 0 spiro atoms. The SMILES string of the molecule is CCc1cccc(CC)c1NC(=O)C1(N)CCOCC1. The molecule has 3 N–H and O–H groups in total. The summed E-state index contributed by atoms with van der Waals surface area (Å²) < 4.78 is 5.30. The van der Waals surface area contributed by atoms with Crippen molar-refractivity contribution in [3.63, 3.8) is 0 Å². The van der Waals surface area contributed by atoms with Crippen LogP contribution in [0.2, 0.25) is 0 Å². The van der Waals surface area contributed by atoms with E-state index in [1.54, 1.807) is 0 Å². The molecule has 4 heteroatoms. The summed E-state index contributed by atoms with van der Waals surface area (Å²) in [5.41, 5.74) is 8.70. The first-order valence-electron chi connectivity index (χ1n) is 7.39. The van der Waals surface area contributed by atoms with Gasteiger partial charge in [0.15, 0.2) is 0 Å². The summed E-state index contributed by atoms with van der Waals surface area (Å²) in [7, 11) is 0. The standard InChI is InChI=1S/C16H24N2O2/c1-3-12-6-5-7-13(4-2)14(12)18-15(19)16(17)8-10-20-11-9-16/h5-7H,3-4,8-11,17H2,1-2H3,(H,18,19). The number of para-hydroxylation sites is 1. The van der Waals surface area contributed by atoms with Gasteiger partial charge in [0, 0.05) is 18.9 Å². The fourth-order valence-electron chi connectivity index (χ4n) is 2.60. The zero-order chi connectivity index (χ0) is 14.6. The fourth-order valence-corrected chi connectivity index (χ4v) is 2.60. The second-order valence-electron chi connectivity index (χ2n) is 5.38. The van der Waals surface area contributed by atoms with Crippen molar-refractivity contribution < 1.29 is 9.53 Å². The van der Waals surface area contributed by atoms with E-state index in [0.29, 0.717) is 26.1 Å². The summed E-state index contributed by atoms with van der Waals surface area (Å²) in [6, 6.07) is 6.16. The molecule has 110 valence electrons. The Labute approximate surface area is 120 Å². The minimum Gasteiger partial charge on any atom is -0.381 e. The summed E-state index contributed by atoms with van der Waals surface area (Å²) >= 11 is 0. The van der Waals surface area contributed by atoms with Gasteiger partial charge in [-0.25, -0.2) is 0 Å². The van der Waals surface area contributed by atoms with Crippen molar-refractivity contribution in [1.29, 1.82) is 0 Å². The first-order chi connectivity index (χ1) is 9.60. The number of benzene rings is 1. The van der Waals surface area contributed by atoms with E-state index in [-0.39, 0.29) is 5.91 Å². The molecule has 0 radical (unpaired) electrons. The summed E-state index contributed by atoms with van der Waals surface area (Å²) in [5, 5.41) is 3.07. The summed E-state index contributed by atoms with van der Waals surface area (Å²) in [6.45, 7) is 5.30. The number of amides is 1. The molecule has 1 saturated heterocycles. The maximum atomic E-state index is 12.5. The van der Waals surface area contributed by atoms with Crippen molar-refractivity contribution >= 4 is 11.6 Å². The molecule has 0 aliphatic carbocycles. The molecular weight excluding hydrogens is 252 g/mol. The van der Waals surface area contributed by atoms with E-state index in [9.17, 15) is 4.79 Å². The van der Waals surface area contributed by atoms with Gasteiger partial charge in [-0.1, -0.05) is 32.0 Å². The summed E-state index contributed by atoms with van der Waals surface area (Å²) in [6.07, 6.45) is 2.94. The molecule has 0 bridgehead atoms. The third-order valence-corrected chi connectivity index (χ3v) is 4.07. The number of hydrogen-bond donors (Lipinski definition) is 2. The molecule has 1 aromatic carbocycles. The van der Waals surface area contributed by atoms with Crippen LogP contribution in [-0.4, -0.2) is 24.7 Å². The van der Waals surface area contributed by atoms with Crippen LogP contribution in [0.4, 0.5) is 5.69 Å². The van der Waals surface area contributed by atoms with Crippen LogP contribution in [0.15, 0.2) is 18.2 Å². The number of ether oxygens (including phenoxy) is 1. The Bertz CT molecular complexity index is 457. The lowest BCUT2D eigenvalue weighted by atomic mass is 9.90. The molecule has 0 unspecified atom stereocenters. The third-order valence-electron chi connectivity index (χ3n) is 4.07. The van der Waals surface area contributed by atoms with Crippen molar-refractivity contribution in [3.8, 4) is 0 Å². The number of anilines is 1. The number of hydrogen-bond acceptors (Lipinski definition) is 3. The molecule has 4 nitrogen and oxygen atoms in total. The maximum Gasteiger partial charge on any atom is 0.244 e. The molecule has 1 aliphatic heterocycles. The van der Waals surface area contributed by atoms with Crippen LogP contribution in [0.3, 0.4) is 0 Å². The molecule has 1 fully saturated rings. The zero-order valence-corrected chi connectivity index (χ0v) is 12.4. The molecule has 0 aromatic heterocycles. The Morgan fingerprint density at radius 1 is 1.25 bits per heavy atom. The molecule has 20 heavy (non-hydrogen) atoms. The fraction of sp³-hybridized carbons (Fsp3) is 0.562. The number of carbonyl (C=O) groups excluding carboxylic acids is 1. The van der Waals surface area contributed by atoms with Gasteiger partial charge in [-0.15, -0.1) is 0 Å². The van der Waals surface area contributed by atoms with E-state index < -0.39 is 5.54 Å². The van der Waals surface area contributed by atoms with E-state index in [1.165, 1.54) is 0 Å². The van der Waals surface area contributed by atoms with Crippen molar-refractivity contribution in [2.24, 2.45) is 5.73 Å². The lowest BCUT2D eigenvalue weighted by Crippen LogP contribution is -2.54. The van der Waals surface area contributed by atoms with Crippen LogP contribution in [-0.2, 0) is 22.4 Å². The average molecular weight is 276 g/mol. The van der Waals surface area contributed by atoms with E-state index in [2.05, 4.69) is 31.3 Å². The minimum atomic E-state index is -0.801. The normalized spacial score (nSPS) is 17.8. The number of nitrogens with one attached hydrogen (secondary N) is 1. The number of rotatable bonds is 4. The van der Waals surface area contributed by atoms with Gasteiger partial charge in [-0.2, -0.15) is 0 Å². The summed E-state index contributed by atoms with van der Waals surface area (Å²) in [4.78, 5) is 12.5. The Morgan fingerprint density at radius 2 is 1.80 bits per heavy atom. The second kappa shape index (κ2) is 6.37. The van der Waals surface area contributed by atoms with Gasteiger partial charge in [0.25, 0.3) is 0 Å². The first-order valence-corrected chi connectivity index (χ1v) is 7.39. The predicted octanol–water partition coefficient (Wildman–Crippen LogP) is 2.26. The highest BCUT2D eigenvalue weighted by Gasteiger charge is 2.36. The highest BCUT2D eigenvalue weighted by molar-refractivity contribution is 5.99. The lowest BCUT2D eigenvalue weighted by molar-refractivity contribution is -0.124. The van der Waals surface area contributed by atoms with Gasteiger partial charge in [0.1, 0.15) is 5.54 Å². The largest absolute Gasteiger partial charge is 0.381 e. The Balaban J connectivity index is 2.22. The van der Waals surface area contributed by atoms with E-state index in [1.807, 2.05) is 6.07 Å². The number of carbonyl (C=O) groups is 1.